The Morgan fingerprint density at radius 2 is 2.06 bits per heavy atom. The molecule has 0 bridgehead atoms. The van der Waals surface area contributed by atoms with Gasteiger partial charge in [0.05, 0.1) is 11.6 Å². The molecule has 1 aliphatic heterocycles. The summed E-state index contributed by atoms with van der Waals surface area (Å²) in [4.78, 5) is 0. The molecule has 2 N–H and O–H groups in total. The molecule has 2 aliphatic rings. The second-order valence-corrected chi connectivity index (χ2v) is 5.67. The van der Waals surface area contributed by atoms with Crippen molar-refractivity contribution in [2.24, 2.45) is 0 Å². The first-order valence-corrected chi connectivity index (χ1v) is 6.71. The lowest BCUT2D eigenvalue weighted by atomic mass is 9.95. The lowest BCUT2D eigenvalue weighted by Gasteiger charge is -2.31. The molecule has 0 spiro atoms. The predicted molar refractivity (Wildman–Crippen MR) is 69.6 cm³/mol. The monoisotopic (exact) mass is 242 g/mol. The van der Waals surface area contributed by atoms with Crippen LogP contribution in [-0.4, -0.2) is 29.4 Å². The van der Waals surface area contributed by atoms with Crippen LogP contribution >= 0.6 is 12.2 Å². The maximum Gasteiger partial charge on any atom is 0.167 e. The smallest absolute Gasteiger partial charge is 0.167 e. The Labute approximate surface area is 103 Å². The molecule has 4 heteroatoms. The van der Waals surface area contributed by atoms with Crippen LogP contribution in [0.4, 0.5) is 0 Å². The van der Waals surface area contributed by atoms with Crippen LogP contribution in [0.15, 0.2) is 0 Å². The first-order chi connectivity index (χ1) is 7.60. The lowest BCUT2D eigenvalue weighted by molar-refractivity contribution is 0.0947. The van der Waals surface area contributed by atoms with Crippen molar-refractivity contribution in [2.45, 2.75) is 63.6 Å². The number of nitrogens with one attached hydrogen (secondary N) is 2. The summed E-state index contributed by atoms with van der Waals surface area (Å²) in [5, 5.41) is 7.64. The van der Waals surface area contributed by atoms with Gasteiger partial charge in [-0.3, -0.25) is 0 Å². The van der Waals surface area contributed by atoms with Crippen molar-refractivity contribution in [3.63, 3.8) is 0 Å². The Morgan fingerprint density at radius 1 is 1.38 bits per heavy atom. The molecule has 2 fully saturated rings. The van der Waals surface area contributed by atoms with E-state index in [9.17, 15) is 0 Å². The van der Waals surface area contributed by atoms with Crippen LogP contribution < -0.4 is 10.6 Å². The van der Waals surface area contributed by atoms with Crippen molar-refractivity contribution in [2.75, 3.05) is 6.61 Å². The number of rotatable bonds is 2. The third-order valence-corrected chi connectivity index (χ3v) is 4.20. The molecule has 0 aromatic rings. The molecular formula is C12H22N2OS. The maximum atomic E-state index is 5.59. The molecule has 0 aromatic carbocycles. The third-order valence-electron chi connectivity index (χ3n) is 3.98. The van der Waals surface area contributed by atoms with Gasteiger partial charge in [0.25, 0.3) is 0 Å². The molecule has 16 heavy (non-hydrogen) atoms. The number of hydrogen-bond donors (Lipinski definition) is 2. The average Bonchev–Trinajstić information content (AvgIpc) is 2.79. The lowest BCUT2D eigenvalue weighted by Crippen LogP contribution is -2.55. The third kappa shape index (κ3) is 2.66. The van der Waals surface area contributed by atoms with E-state index < -0.39 is 0 Å². The SMILES string of the molecule is CC1OCCC1(C)NC(=S)NC1CCCC1. The van der Waals surface area contributed by atoms with Crippen LogP contribution in [-0.2, 0) is 4.74 Å². The van der Waals surface area contributed by atoms with Gasteiger partial charge in [-0.1, -0.05) is 12.8 Å². The minimum atomic E-state index is 0.00267. The van der Waals surface area contributed by atoms with E-state index in [0.717, 1.165) is 18.1 Å². The Morgan fingerprint density at radius 3 is 2.62 bits per heavy atom. The van der Waals surface area contributed by atoms with Crippen molar-refractivity contribution in [1.82, 2.24) is 10.6 Å². The Bertz CT molecular complexity index is 266. The van der Waals surface area contributed by atoms with Gasteiger partial charge in [0.15, 0.2) is 5.11 Å². The van der Waals surface area contributed by atoms with Crippen molar-refractivity contribution < 1.29 is 4.74 Å². The fraction of sp³-hybridized carbons (Fsp3) is 0.917. The van der Waals surface area contributed by atoms with Gasteiger partial charge < -0.3 is 15.4 Å². The van der Waals surface area contributed by atoms with Crippen LogP contribution in [0.25, 0.3) is 0 Å². The number of ether oxygens (including phenoxy) is 1. The van der Waals surface area contributed by atoms with E-state index in [2.05, 4.69) is 24.5 Å². The van der Waals surface area contributed by atoms with Gasteiger partial charge in [-0.2, -0.15) is 0 Å². The molecule has 3 nitrogen and oxygen atoms in total. The van der Waals surface area contributed by atoms with E-state index in [4.69, 9.17) is 17.0 Å². The molecule has 0 radical (unpaired) electrons. The van der Waals surface area contributed by atoms with Gasteiger partial charge in [0.2, 0.25) is 0 Å². The summed E-state index contributed by atoms with van der Waals surface area (Å²) in [6.07, 6.45) is 6.43. The highest BCUT2D eigenvalue weighted by Crippen LogP contribution is 2.25. The summed E-state index contributed by atoms with van der Waals surface area (Å²) < 4.78 is 5.59. The molecule has 1 saturated carbocycles. The van der Waals surface area contributed by atoms with Gasteiger partial charge in [0, 0.05) is 12.6 Å². The van der Waals surface area contributed by atoms with E-state index in [1.54, 1.807) is 0 Å². The summed E-state index contributed by atoms with van der Waals surface area (Å²) >= 11 is 5.37. The average molecular weight is 242 g/mol. The second kappa shape index (κ2) is 4.88. The van der Waals surface area contributed by atoms with Crippen molar-refractivity contribution in [3.05, 3.63) is 0 Å². The zero-order chi connectivity index (χ0) is 11.6. The standard InChI is InChI=1S/C12H22N2OS/c1-9-12(2,7-8-15-9)14-11(16)13-10-5-3-4-6-10/h9-10H,3-8H2,1-2H3,(H2,13,14,16). The highest BCUT2D eigenvalue weighted by Gasteiger charge is 2.37. The first-order valence-electron chi connectivity index (χ1n) is 6.30. The molecule has 0 amide bonds. The predicted octanol–water partition coefficient (Wildman–Crippen LogP) is 1.96. The quantitative estimate of drug-likeness (QED) is 0.725. The minimum Gasteiger partial charge on any atom is -0.376 e. The summed E-state index contributed by atoms with van der Waals surface area (Å²) in [7, 11) is 0. The van der Waals surface area contributed by atoms with Gasteiger partial charge in [-0.05, 0) is 45.3 Å². The van der Waals surface area contributed by atoms with E-state index in [1.165, 1.54) is 25.7 Å². The zero-order valence-electron chi connectivity index (χ0n) is 10.2. The fourth-order valence-corrected chi connectivity index (χ4v) is 2.95. The van der Waals surface area contributed by atoms with Crippen LogP contribution in [0, 0.1) is 0 Å². The first kappa shape index (κ1) is 12.1. The number of thiocarbonyl (C=S) groups is 1. The summed E-state index contributed by atoms with van der Waals surface area (Å²) in [6.45, 7) is 5.13. The van der Waals surface area contributed by atoms with Crippen molar-refractivity contribution in [1.29, 1.82) is 0 Å². The minimum absolute atomic E-state index is 0.00267. The molecule has 1 aliphatic carbocycles. The van der Waals surface area contributed by atoms with Crippen LogP contribution in [0.3, 0.4) is 0 Å². The van der Waals surface area contributed by atoms with Gasteiger partial charge in [-0.25, -0.2) is 0 Å². The van der Waals surface area contributed by atoms with E-state index >= 15 is 0 Å². The normalized spacial score (nSPS) is 35.2. The zero-order valence-corrected chi connectivity index (χ0v) is 11.0. The van der Waals surface area contributed by atoms with Crippen molar-refractivity contribution in [3.8, 4) is 0 Å². The Kier molecular flexibility index (Phi) is 3.70. The summed E-state index contributed by atoms with van der Waals surface area (Å²) in [6, 6.07) is 0.584. The van der Waals surface area contributed by atoms with Gasteiger partial charge in [0.1, 0.15) is 0 Å². The Hall–Kier alpha value is -0.350. The summed E-state index contributed by atoms with van der Waals surface area (Å²) in [5.41, 5.74) is 0.00267. The van der Waals surface area contributed by atoms with Crippen LogP contribution in [0.5, 0.6) is 0 Å². The Balaban J connectivity index is 1.81. The molecule has 2 rings (SSSR count). The molecular weight excluding hydrogens is 220 g/mol. The summed E-state index contributed by atoms with van der Waals surface area (Å²) in [5.74, 6) is 0. The van der Waals surface area contributed by atoms with E-state index in [-0.39, 0.29) is 11.6 Å². The topological polar surface area (TPSA) is 33.3 Å². The van der Waals surface area contributed by atoms with Gasteiger partial charge >= 0.3 is 0 Å². The largest absolute Gasteiger partial charge is 0.376 e. The highest BCUT2D eigenvalue weighted by molar-refractivity contribution is 7.80. The maximum absolute atomic E-state index is 5.59. The van der Waals surface area contributed by atoms with E-state index in [0.29, 0.717) is 6.04 Å². The molecule has 92 valence electrons. The van der Waals surface area contributed by atoms with Crippen molar-refractivity contribution >= 4 is 17.3 Å². The van der Waals surface area contributed by atoms with Crippen LogP contribution in [0.2, 0.25) is 0 Å². The van der Waals surface area contributed by atoms with E-state index in [1.807, 2.05) is 0 Å². The second-order valence-electron chi connectivity index (χ2n) is 5.26. The molecule has 1 heterocycles. The highest BCUT2D eigenvalue weighted by atomic mass is 32.1. The molecule has 1 saturated heterocycles. The number of hydrogen-bond acceptors (Lipinski definition) is 2. The molecule has 0 aromatic heterocycles. The molecule has 2 unspecified atom stereocenters. The molecule has 2 atom stereocenters. The van der Waals surface area contributed by atoms with Gasteiger partial charge in [-0.15, -0.1) is 0 Å². The van der Waals surface area contributed by atoms with Crippen LogP contribution in [0.1, 0.15) is 46.0 Å². The fourth-order valence-electron chi connectivity index (χ4n) is 2.55.